The number of hydrogen-bond donors (Lipinski definition) is 0. The fourth-order valence-corrected chi connectivity index (χ4v) is 4.13. The third-order valence-electron chi connectivity index (χ3n) is 4.90. The zero-order chi connectivity index (χ0) is 24.2. The van der Waals surface area contributed by atoms with Crippen molar-refractivity contribution in [2.45, 2.75) is 6.54 Å². The number of methoxy groups -OCH3 is 1. The van der Waals surface area contributed by atoms with Crippen molar-refractivity contribution in [2.24, 2.45) is 0 Å². The molecule has 9 heteroatoms. The molecule has 1 saturated heterocycles. The van der Waals surface area contributed by atoms with Gasteiger partial charge in [-0.1, -0.05) is 29.8 Å². The predicted octanol–water partition coefficient (Wildman–Crippen LogP) is 5.94. The van der Waals surface area contributed by atoms with E-state index in [1.165, 1.54) is 25.3 Å². The minimum Gasteiger partial charge on any atom is -0.493 e. The lowest BCUT2D eigenvalue weighted by Crippen LogP contribution is -2.27. The number of carbonyl (C=O) groups excluding carboxylic acids is 3. The van der Waals surface area contributed by atoms with E-state index in [0.29, 0.717) is 10.6 Å². The van der Waals surface area contributed by atoms with Crippen LogP contribution in [0.15, 0.2) is 71.6 Å². The average Bonchev–Trinajstić information content (AvgIpc) is 3.09. The Labute approximate surface area is 203 Å². The Kier molecular flexibility index (Phi) is 7.00. The maximum absolute atomic E-state index is 13.1. The lowest BCUT2D eigenvalue weighted by atomic mass is 10.1. The molecule has 1 aliphatic heterocycles. The van der Waals surface area contributed by atoms with Gasteiger partial charge in [0.05, 0.1) is 24.1 Å². The van der Waals surface area contributed by atoms with Crippen molar-refractivity contribution < 1.29 is 28.2 Å². The van der Waals surface area contributed by atoms with E-state index >= 15 is 0 Å². The van der Waals surface area contributed by atoms with Gasteiger partial charge in [0.15, 0.2) is 11.5 Å². The molecule has 4 rings (SSSR count). The molecular formula is C25H17ClFNO5S. The minimum atomic E-state index is -0.672. The highest BCUT2D eigenvalue weighted by Crippen LogP contribution is 2.35. The zero-order valence-electron chi connectivity index (χ0n) is 17.8. The van der Waals surface area contributed by atoms with Gasteiger partial charge in [-0.2, -0.15) is 0 Å². The van der Waals surface area contributed by atoms with Gasteiger partial charge in [-0.3, -0.25) is 14.5 Å². The monoisotopic (exact) mass is 497 g/mol. The van der Waals surface area contributed by atoms with Gasteiger partial charge < -0.3 is 9.47 Å². The SMILES string of the molecule is COc1cc(/C=C2\SC(=O)N(Cc3ccc(Cl)cc3)C2=O)ccc1OC(=O)c1ccc(F)cc1. The third-order valence-corrected chi connectivity index (χ3v) is 6.05. The molecule has 6 nitrogen and oxygen atoms in total. The second-order valence-corrected chi connectivity index (χ2v) is 8.63. The van der Waals surface area contributed by atoms with Crippen molar-refractivity contribution in [1.29, 1.82) is 0 Å². The molecule has 1 aliphatic rings. The highest BCUT2D eigenvalue weighted by Gasteiger charge is 2.35. The number of imide groups is 1. The standard InChI is InChI=1S/C25H17ClFNO5S/c1-32-21-12-16(4-11-20(21)33-24(30)17-5-9-19(27)10-6-17)13-22-23(29)28(25(31)34-22)14-15-2-7-18(26)8-3-15/h2-13H,14H2,1H3/b22-13-. The maximum atomic E-state index is 13.1. The largest absolute Gasteiger partial charge is 0.493 e. The normalized spacial score (nSPS) is 14.6. The molecule has 0 spiro atoms. The molecule has 0 aliphatic carbocycles. The summed E-state index contributed by atoms with van der Waals surface area (Å²) in [5.74, 6) is -1.13. The Morgan fingerprint density at radius 3 is 2.41 bits per heavy atom. The summed E-state index contributed by atoms with van der Waals surface area (Å²) >= 11 is 6.73. The number of thioether (sulfide) groups is 1. The molecule has 0 atom stereocenters. The quantitative estimate of drug-likeness (QED) is 0.238. The molecule has 0 bridgehead atoms. The van der Waals surface area contributed by atoms with Gasteiger partial charge in [-0.25, -0.2) is 9.18 Å². The molecule has 0 unspecified atom stereocenters. The number of hydrogen-bond acceptors (Lipinski definition) is 6. The second-order valence-electron chi connectivity index (χ2n) is 7.20. The van der Waals surface area contributed by atoms with Crippen LogP contribution in [0.2, 0.25) is 5.02 Å². The van der Waals surface area contributed by atoms with Crippen molar-refractivity contribution in [3.05, 3.63) is 99.2 Å². The molecule has 172 valence electrons. The summed E-state index contributed by atoms with van der Waals surface area (Å²) < 4.78 is 23.8. The number of esters is 1. The summed E-state index contributed by atoms with van der Waals surface area (Å²) in [5.41, 5.74) is 1.54. The van der Waals surface area contributed by atoms with Crippen LogP contribution < -0.4 is 9.47 Å². The van der Waals surface area contributed by atoms with Crippen molar-refractivity contribution in [2.75, 3.05) is 7.11 Å². The first-order valence-corrected chi connectivity index (χ1v) is 11.2. The van der Waals surface area contributed by atoms with Crippen LogP contribution in [0.25, 0.3) is 6.08 Å². The number of amides is 2. The molecule has 2 amide bonds. The van der Waals surface area contributed by atoms with Crippen LogP contribution in [-0.4, -0.2) is 29.1 Å². The lowest BCUT2D eigenvalue weighted by molar-refractivity contribution is -0.123. The van der Waals surface area contributed by atoms with Crippen molar-refractivity contribution in [3.8, 4) is 11.5 Å². The number of ether oxygens (including phenoxy) is 2. The van der Waals surface area contributed by atoms with Crippen LogP contribution in [0.5, 0.6) is 11.5 Å². The van der Waals surface area contributed by atoms with E-state index in [9.17, 15) is 18.8 Å². The summed E-state index contributed by atoms with van der Waals surface area (Å²) in [6, 6.07) is 16.6. The summed E-state index contributed by atoms with van der Waals surface area (Å²) in [6.45, 7) is 0.140. The maximum Gasteiger partial charge on any atom is 0.343 e. The van der Waals surface area contributed by atoms with E-state index in [1.54, 1.807) is 42.5 Å². The van der Waals surface area contributed by atoms with E-state index < -0.39 is 17.7 Å². The van der Waals surface area contributed by atoms with Crippen LogP contribution in [0, 0.1) is 5.82 Å². The summed E-state index contributed by atoms with van der Waals surface area (Å²) in [4.78, 5) is 39.0. The zero-order valence-corrected chi connectivity index (χ0v) is 19.4. The first-order valence-electron chi connectivity index (χ1n) is 9.99. The number of nitrogens with zero attached hydrogens (tertiary/aromatic N) is 1. The number of benzene rings is 3. The van der Waals surface area contributed by atoms with E-state index in [0.717, 1.165) is 34.4 Å². The Morgan fingerprint density at radius 2 is 1.74 bits per heavy atom. The summed E-state index contributed by atoms with van der Waals surface area (Å²) in [5, 5.41) is 0.196. The third kappa shape index (κ3) is 5.30. The van der Waals surface area contributed by atoms with Crippen LogP contribution in [0.3, 0.4) is 0 Å². The molecule has 1 heterocycles. The lowest BCUT2D eigenvalue weighted by Gasteiger charge is -2.12. The van der Waals surface area contributed by atoms with Gasteiger partial charge in [0.25, 0.3) is 11.1 Å². The predicted molar refractivity (Wildman–Crippen MR) is 127 cm³/mol. The van der Waals surface area contributed by atoms with Crippen molar-refractivity contribution in [3.63, 3.8) is 0 Å². The van der Waals surface area contributed by atoms with Gasteiger partial charge >= 0.3 is 5.97 Å². The molecule has 0 aromatic heterocycles. The first kappa shape index (κ1) is 23.5. The van der Waals surface area contributed by atoms with E-state index in [1.807, 2.05) is 0 Å². The Balaban J connectivity index is 1.50. The topological polar surface area (TPSA) is 72.9 Å². The molecule has 3 aromatic carbocycles. The second kappa shape index (κ2) is 10.1. The molecule has 0 saturated carbocycles. The highest BCUT2D eigenvalue weighted by molar-refractivity contribution is 8.18. The average molecular weight is 498 g/mol. The Hall–Kier alpha value is -3.62. The van der Waals surface area contributed by atoms with E-state index in [2.05, 4.69) is 0 Å². The fourth-order valence-electron chi connectivity index (χ4n) is 3.16. The van der Waals surface area contributed by atoms with Crippen LogP contribution in [-0.2, 0) is 11.3 Å². The number of halogens is 2. The fraction of sp³-hybridized carbons (Fsp3) is 0.0800. The van der Waals surface area contributed by atoms with E-state index in [4.69, 9.17) is 21.1 Å². The van der Waals surface area contributed by atoms with Gasteiger partial charge in [-0.15, -0.1) is 0 Å². The molecule has 0 N–H and O–H groups in total. The van der Waals surface area contributed by atoms with Crippen molar-refractivity contribution >= 4 is 46.6 Å². The minimum absolute atomic E-state index is 0.140. The van der Waals surface area contributed by atoms with Gasteiger partial charge in [-0.05, 0) is 77.5 Å². The highest BCUT2D eigenvalue weighted by atomic mass is 35.5. The Morgan fingerprint density at radius 1 is 1.03 bits per heavy atom. The molecule has 1 fully saturated rings. The van der Waals surface area contributed by atoms with Crippen molar-refractivity contribution in [1.82, 2.24) is 4.90 Å². The summed E-state index contributed by atoms with van der Waals surface area (Å²) in [6.07, 6.45) is 1.57. The molecule has 3 aromatic rings. The molecule has 0 radical (unpaired) electrons. The van der Waals surface area contributed by atoms with Crippen LogP contribution in [0.1, 0.15) is 21.5 Å². The van der Waals surface area contributed by atoms with Crippen LogP contribution >= 0.6 is 23.4 Å². The Bertz CT molecular complexity index is 1290. The van der Waals surface area contributed by atoms with Gasteiger partial charge in [0, 0.05) is 5.02 Å². The molecular weight excluding hydrogens is 481 g/mol. The number of carbonyl (C=O) groups is 3. The van der Waals surface area contributed by atoms with E-state index in [-0.39, 0.29) is 33.8 Å². The first-order chi connectivity index (χ1) is 16.3. The van der Waals surface area contributed by atoms with Gasteiger partial charge in [0.1, 0.15) is 5.82 Å². The summed E-state index contributed by atoms with van der Waals surface area (Å²) in [7, 11) is 1.41. The molecule has 34 heavy (non-hydrogen) atoms. The number of rotatable bonds is 6. The van der Waals surface area contributed by atoms with Gasteiger partial charge in [0.2, 0.25) is 0 Å². The smallest absolute Gasteiger partial charge is 0.343 e. The van der Waals surface area contributed by atoms with Crippen LogP contribution in [0.4, 0.5) is 9.18 Å².